The Labute approximate surface area is 129 Å². The second-order valence-electron chi connectivity index (χ2n) is 3.90. The van der Waals surface area contributed by atoms with Gasteiger partial charge in [-0.25, -0.2) is 9.59 Å². The number of nitrogens with one attached hydrogen (secondary N) is 2. The topological polar surface area (TPSA) is 78.4 Å². The van der Waals surface area contributed by atoms with Crippen LogP contribution in [0.2, 0.25) is 5.02 Å². The van der Waals surface area contributed by atoms with Crippen molar-refractivity contribution in [3.63, 3.8) is 0 Å². The number of urea groups is 1. The van der Waals surface area contributed by atoms with Crippen molar-refractivity contribution in [2.24, 2.45) is 0 Å². The van der Waals surface area contributed by atoms with Crippen LogP contribution in [-0.2, 0) is 4.79 Å². The van der Waals surface area contributed by atoms with E-state index in [-0.39, 0.29) is 0 Å². The molecule has 1 aromatic carbocycles. The molecule has 0 saturated carbocycles. The molecule has 1 atom stereocenters. The van der Waals surface area contributed by atoms with E-state index in [2.05, 4.69) is 33.2 Å². The molecule has 0 aromatic heterocycles. The molecule has 0 heterocycles. The standard InChI is InChI=1S/C12H14ClIN2O3/c1-2-3-10(11(17)18)16-12(19)15-9-5-4-7(14)6-8(9)13/h4-6,10H,2-3H2,1H3,(H,17,18)(H2,15,16,19)/t10-/m1/s1. The van der Waals surface area contributed by atoms with Crippen molar-refractivity contribution in [2.75, 3.05) is 5.32 Å². The zero-order valence-electron chi connectivity index (χ0n) is 10.2. The molecule has 1 rings (SSSR count). The lowest BCUT2D eigenvalue weighted by atomic mass is 10.2. The van der Waals surface area contributed by atoms with Crippen molar-refractivity contribution in [3.8, 4) is 0 Å². The molecule has 0 unspecified atom stereocenters. The molecule has 3 N–H and O–H groups in total. The summed E-state index contributed by atoms with van der Waals surface area (Å²) in [5, 5.41) is 14.3. The van der Waals surface area contributed by atoms with Gasteiger partial charge in [-0.15, -0.1) is 0 Å². The summed E-state index contributed by atoms with van der Waals surface area (Å²) >= 11 is 8.08. The molecule has 0 radical (unpaired) electrons. The first-order valence-electron chi connectivity index (χ1n) is 5.69. The number of carboxylic acids is 1. The van der Waals surface area contributed by atoms with Gasteiger partial charge in [-0.05, 0) is 47.2 Å². The van der Waals surface area contributed by atoms with Crippen LogP contribution in [0.15, 0.2) is 18.2 Å². The average Bonchev–Trinajstić information content (AvgIpc) is 2.32. The summed E-state index contributed by atoms with van der Waals surface area (Å²) in [6, 6.07) is 3.69. The molecule has 0 bridgehead atoms. The number of rotatable bonds is 5. The highest BCUT2D eigenvalue weighted by atomic mass is 127. The Morgan fingerprint density at radius 3 is 2.68 bits per heavy atom. The SMILES string of the molecule is CCC[C@@H](NC(=O)Nc1ccc(I)cc1Cl)C(=O)O. The van der Waals surface area contributed by atoms with Crippen molar-refractivity contribution in [3.05, 3.63) is 26.8 Å². The van der Waals surface area contributed by atoms with E-state index in [1.807, 2.05) is 6.92 Å². The van der Waals surface area contributed by atoms with Gasteiger partial charge in [0.25, 0.3) is 0 Å². The molecular weight excluding hydrogens is 383 g/mol. The van der Waals surface area contributed by atoms with Crippen LogP contribution in [0.4, 0.5) is 10.5 Å². The number of carboxylic acid groups (broad SMARTS) is 1. The average molecular weight is 397 g/mol. The normalized spacial score (nSPS) is 11.7. The van der Waals surface area contributed by atoms with Crippen LogP contribution in [0.5, 0.6) is 0 Å². The van der Waals surface area contributed by atoms with E-state index in [4.69, 9.17) is 16.7 Å². The van der Waals surface area contributed by atoms with Crippen LogP contribution < -0.4 is 10.6 Å². The van der Waals surface area contributed by atoms with Gasteiger partial charge in [0, 0.05) is 3.57 Å². The molecule has 2 amide bonds. The maximum absolute atomic E-state index is 11.7. The fourth-order valence-electron chi connectivity index (χ4n) is 1.45. The molecule has 0 aliphatic carbocycles. The summed E-state index contributed by atoms with van der Waals surface area (Å²) in [6.45, 7) is 1.85. The van der Waals surface area contributed by atoms with Gasteiger partial charge in [0.15, 0.2) is 0 Å². The molecule has 104 valence electrons. The quantitative estimate of drug-likeness (QED) is 0.668. The fourth-order valence-corrected chi connectivity index (χ4v) is 2.36. The fraction of sp³-hybridized carbons (Fsp3) is 0.333. The molecule has 19 heavy (non-hydrogen) atoms. The molecule has 0 saturated heterocycles. The number of carbonyl (C=O) groups is 2. The minimum Gasteiger partial charge on any atom is -0.480 e. The van der Waals surface area contributed by atoms with E-state index < -0.39 is 18.0 Å². The summed E-state index contributed by atoms with van der Waals surface area (Å²) in [4.78, 5) is 22.6. The molecule has 7 heteroatoms. The number of hydrogen-bond acceptors (Lipinski definition) is 2. The van der Waals surface area contributed by atoms with Crippen LogP contribution >= 0.6 is 34.2 Å². The van der Waals surface area contributed by atoms with Gasteiger partial charge in [-0.1, -0.05) is 24.9 Å². The maximum Gasteiger partial charge on any atom is 0.326 e. The second kappa shape index (κ2) is 7.54. The predicted octanol–water partition coefficient (Wildman–Crippen LogP) is 3.32. The van der Waals surface area contributed by atoms with Crippen LogP contribution in [-0.4, -0.2) is 23.1 Å². The lowest BCUT2D eigenvalue weighted by Gasteiger charge is -2.14. The number of carbonyl (C=O) groups excluding carboxylic acids is 1. The highest BCUT2D eigenvalue weighted by Gasteiger charge is 2.19. The van der Waals surface area contributed by atoms with Gasteiger partial charge in [-0.2, -0.15) is 0 Å². The molecule has 1 aromatic rings. The zero-order chi connectivity index (χ0) is 14.4. The molecule has 0 aliphatic heterocycles. The van der Waals surface area contributed by atoms with E-state index >= 15 is 0 Å². The summed E-state index contributed by atoms with van der Waals surface area (Å²) in [5.41, 5.74) is 0.445. The van der Waals surface area contributed by atoms with Gasteiger partial charge < -0.3 is 15.7 Å². The van der Waals surface area contributed by atoms with Crippen LogP contribution in [0.25, 0.3) is 0 Å². The molecule has 0 aliphatic rings. The number of hydrogen-bond donors (Lipinski definition) is 3. The highest BCUT2D eigenvalue weighted by Crippen LogP contribution is 2.23. The maximum atomic E-state index is 11.7. The Hall–Kier alpha value is -1.02. The van der Waals surface area contributed by atoms with Gasteiger partial charge in [0.05, 0.1) is 10.7 Å². The Morgan fingerprint density at radius 1 is 1.47 bits per heavy atom. The van der Waals surface area contributed by atoms with Crippen LogP contribution in [0, 0.1) is 3.57 Å². The van der Waals surface area contributed by atoms with E-state index in [1.54, 1.807) is 18.2 Å². The lowest BCUT2D eigenvalue weighted by molar-refractivity contribution is -0.139. The summed E-state index contributed by atoms with van der Waals surface area (Å²) in [5.74, 6) is -1.05. The first-order valence-corrected chi connectivity index (χ1v) is 7.15. The monoisotopic (exact) mass is 396 g/mol. The molecule has 5 nitrogen and oxygen atoms in total. The zero-order valence-corrected chi connectivity index (χ0v) is 13.2. The molecule has 0 spiro atoms. The Kier molecular flexibility index (Phi) is 6.36. The van der Waals surface area contributed by atoms with Crippen molar-refractivity contribution in [2.45, 2.75) is 25.8 Å². The predicted molar refractivity (Wildman–Crippen MR) is 82.7 cm³/mol. The van der Waals surface area contributed by atoms with Crippen molar-refractivity contribution < 1.29 is 14.7 Å². The highest BCUT2D eigenvalue weighted by molar-refractivity contribution is 14.1. The number of anilines is 1. The van der Waals surface area contributed by atoms with Gasteiger partial charge in [0.1, 0.15) is 6.04 Å². The minimum atomic E-state index is -1.05. The van der Waals surface area contributed by atoms with Gasteiger partial charge >= 0.3 is 12.0 Å². The van der Waals surface area contributed by atoms with E-state index in [0.717, 1.165) is 3.57 Å². The second-order valence-corrected chi connectivity index (χ2v) is 5.55. The number of aliphatic carboxylic acids is 1. The third-order valence-corrected chi connectivity index (χ3v) is 3.34. The minimum absolute atomic E-state index is 0.378. The van der Waals surface area contributed by atoms with Crippen molar-refractivity contribution >= 4 is 51.9 Å². The van der Waals surface area contributed by atoms with E-state index in [0.29, 0.717) is 23.6 Å². The summed E-state index contributed by atoms with van der Waals surface area (Å²) in [6.07, 6.45) is 1.05. The van der Waals surface area contributed by atoms with Crippen LogP contribution in [0.1, 0.15) is 19.8 Å². The number of benzene rings is 1. The van der Waals surface area contributed by atoms with Crippen molar-refractivity contribution in [1.82, 2.24) is 5.32 Å². The Balaban J connectivity index is 2.66. The lowest BCUT2D eigenvalue weighted by Crippen LogP contribution is -2.42. The van der Waals surface area contributed by atoms with Crippen LogP contribution in [0.3, 0.4) is 0 Å². The third kappa shape index (κ3) is 5.23. The van der Waals surface area contributed by atoms with Crippen molar-refractivity contribution in [1.29, 1.82) is 0 Å². The summed E-state index contributed by atoms with van der Waals surface area (Å²) in [7, 11) is 0. The molecule has 0 fully saturated rings. The molecular formula is C12H14ClIN2O3. The Bertz CT molecular complexity index is 482. The van der Waals surface area contributed by atoms with E-state index in [1.165, 1.54) is 0 Å². The first kappa shape index (κ1) is 16.0. The summed E-state index contributed by atoms with van der Waals surface area (Å²) < 4.78 is 0.947. The number of amides is 2. The smallest absolute Gasteiger partial charge is 0.326 e. The first-order chi connectivity index (χ1) is 8.93. The van der Waals surface area contributed by atoms with E-state index in [9.17, 15) is 9.59 Å². The Morgan fingerprint density at radius 2 is 2.16 bits per heavy atom. The van der Waals surface area contributed by atoms with Gasteiger partial charge in [0.2, 0.25) is 0 Å². The van der Waals surface area contributed by atoms with Gasteiger partial charge in [-0.3, -0.25) is 0 Å². The third-order valence-electron chi connectivity index (χ3n) is 2.36. The largest absolute Gasteiger partial charge is 0.480 e. The number of halogens is 2.